The Bertz CT molecular complexity index is 1060. The lowest BCUT2D eigenvalue weighted by atomic mass is 9.94. The molecule has 0 bridgehead atoms. The summed E-state index contributed by atoms with van der Waals surface area (Å²) in [5.41, 5.74) is 0. The van der Waals surface area contributed by atoms with Crippen molar-refractivity contribution in [3.63, 3.8) is 0 Å². The van der Waals surface area contributed by atoms with Gasteiger partial charge in [0.05, 0.1) is 25.0 Å². The number of rotatable bonds is 59. The molecule has 0 aromatic carbocycles. The molecule has 0 aliphatic heterocycles. The third kappa shape index (κ3) is 50.1. The molecule has 2 atom stereocenters. The fraction of sp³-hybridized carbons (Fsp3) is 0.938. The molecule has 0 saturated heterocycles. The van der Waals surface area contributed by atoms with Gasteiger partial charge in [-0.2, -0.15) is 0 Å². The summed E-state index contributed by atoms with van der Waals surface area (Å²) in [4.78, 5) is 29.2. The van der Waals surface area contributed by atoms with Gasteiger partial charge in [-0.05, 0) is 103 Å². The number of nitrogens with zero attached hydrogens (tertiary/aromatic N) is 1. The molecule has 0 aromatic heterocycles. The van der Waals surface area contributed by atoms with Gasteiger partial charge in [-0.3, -0.25) is 9.59 Å². The largest absolute Gasteiger partial charge is 0.465 e. The van der Waals surface area contributed by atoms with Crippen molar-refractivity contribution < 1.29 is 24.2 Å². The Labute approximate surface area is 438 Å². The Morgan fingerprint density at radius 2 is 0.629 bits per heavy atom. The minimum absolute atomic E-state index is 0.0343. The number of ether oxygens (including phenoxy) is 2. The fourth-order valence-electron chi connectivity index (χ4n) is 10.2. The molecule has 2 unspecified atom stereocenters. The molecule has 416 valence electrons. The smallest absolute Gasteiger partial charge is 0.308 e. The summed E-state index contributed by atoms with van der Waals surface area (Å²) in [5.74, 6) is 0.230. The first-order valence-electron chi connectivity index (χ1n) is 31.8. The zero-order valence-corrected chi connectivity index (χ0v) is 48.0. The first kappa shape index (κ1) is 68.6. The van der Waals surface area contributed by atoms with Gasteiger partial charge in [-0.1, -0.05) is 265 Å². The van der Waals surface area contributed by atoms with Crippen LogP contribution in [0.1, 0.15) is 336 Å². The van der Waals surface area contributed by atoms with Crippen LogP contribution >= 0.6 is 0 Å². The van der Waals surface area contributed by atoms with E-state index in [4.69, 9.17) is 9.47 Å². The van der Waals surface area contributed by atoms with Crippen LogP contribution in [0.25, 0.3) is 0 Å². The van der Waals surface area contributed by atoms with E-state index in [-0.39, 0.29) is 30.4 Å². The number of carbonyl (C=O) groups is 2. The van der Waals surface area contributed by atoms with Crippen LogP contribution in [0, 0.1) is 11.8 Å². The Balaban J connectivity index is 4.61. The van der Waals surface area contributed by atoms with Gasteiger partial charge in [0.1, 0.15) is 0 Å². The molecule has 0 aromatic rings. The van der Waals surface area contributed by atoms with Crippen LogP contribution in [0.3, 0.4) is 0 Å². The molecule has 6 nitrogen and oxygen atoms in total. The highest BCUT2D eigenvalue weighted by atomic mass is 16.5. The number of carbonyl (C=O) groups excluding carboxylic acids is 2. The highest BCUT2D eigenvalue weighted by Gasteiger charge is 2.20. The maximum Gasteiger partial charge on any atom is 0.308 e. The fourth-order valence-corrected chi connectivity index (χ4v) is 10.2. The van der Waals surface area contributed by atoms with Crippen LogP contribution in [-0.2, 0) is 19.1 Å². The van der Waals surface area contributed by atoms with Crippen molar-refractivity contribution in [3.05, 3.63) is 12.2 Å². The Kier molecular flexibility index (Phi) is 57.3. The van der Waals surface area contributed by atoms with Crippen LogP contribution in [0.4, 0.5) is 0 Å². The standard InChI is InChI=1S/C64H125NO5/c1-5-9-13-17-21-25-27-31-35-43-53-61(51-41-33-29-23-19-15-11-7-3)63(67)69-59-49-39-37-45-55-65(57-47-48-58-66)56-46-38-40-50-60-70-64(68)62(52-42-34-30-24-20-16-12-8-4)54-44-36-32-28-26-22-18-14-10-6-2/h29,33,61-62,66H,5-28,30-32,34-60H2,1-4H3/b33-29+. The predicted octanol–water partition coefficient (Wildman–Crippen LogP) is 20.0. The molecule has 0 amide bonds. The molecule has 1 N–H and O–H groups in total. The Hall–Kier alpha value is -1.40. The van der Waals surface area contributed by atoms with E-state index < -0.39 is 0 Å². The van der Waals surface area contributed by atoms with E-state index >= 15 is 0 Å². The lowest BCUT2D eigenvalue weighted by molar-refractivity contribution is -0.150. The van der Waals surface area contributed by atoms with E-state index in [0.29, 0.717) is 13.2 Å². The second-order valence-corrected chi connectivity index (χ2v) is 21.9. The third-order valence-corrected chi connectivity index (χ3v) is 15.1. The van der Waals surface area contributed by atoms with Crippen LogP contribution in [0.15, 0.2) is 12.2 Å². The zero-order chi connectivity index (χ0) is 50.9. The summed E-state index contributed by atoms with van der Waals surface area (Å²) >= 11 is 0. The second-order valence-electron chi connectivity index (χ2n) is 21.9. The number of aliphatic hydroxyl groups is 1. The van der Waals surface area contributed by atoms with Crippen LogP contribution in [0.2, 0.25) is 0 Å². The van der Waals surface area contributed by atoms with Crippen molar-refractivity contribution in [2.24, 2.45) is 11.8 Å². The minimum Gasteiger partial charge on any atom is -0.465 e. The topological polar surface area (TPSA) is 76.1 Å². The molecule has 0 rings (SSSR count). The lowest BCUT2D eigenvalue weighted by Gasteiger charge is -2.22. The molecule has 0 aliphatic rings. The summed E-state index contributed by atoms with van der Waals surface area (Å²) in [6, 6.07) is 0. The monoisotopic (exact) mass is 988 g/mol. The van der Waals surface area contributed by atoms with E-state index in [0.717, 1.165) is 142 Å². The molecule has 0 aliphatic carbocycles. The molecule has 0 heterocycles. The summed E-state index contributed by atoms with van der Waals surface area (Å²) < 4.78 is 11.9. The summed E-state index contributed by atoms with van der Waals surface area (Å²) in [6.45, 7) is 13.7. The molecule has 6 heteroatoms. The SMILES string of the molecule is CCCCCC/C=C/CCC(CCCCCCCCCCCC)C(=O)OCCCCCCN(CCCCO)CCCCCCOC(=O)C(CCCCCCCCCC)CCCCCCCCCCCC. The van der Waals surface area contributed by atoms with Gasteiger partial charge in [0.2, 0.25) is 0 Å². The van der Waals surface area contributed by atoms with E-state index in [9.17, 15) is 14.7 Å². The van der Waals surface area contributed by atoms with Gasteiger partial charge in [0.25, 0.3) is 0 Å². The summed E-state index contributed by atoms with van der Waals surface area (Å²) in [5, 5.41) is 9.44. The maximum absolute atomic E-state index is 13.3. The summed E-state index contributed by atoms with van der Waals surface area (Å²) in [7, 11) is 0. The van der Waals surface area contributed by atoms with Crippen LogP contribution in [-0.4, -0.2) is 61.4 Å². The van der Waals surface area contributed by atoms with Crippen molar-refractivity contribution in [2.45, 2.75) is 336 Å². The quantitative estimate of drug-likeness (QED) is 0.0372. The van der Waals surface area contributed by atoms with Gasteiger partial charge in [-0.25, -0.2) is 0 Å². The van der Waals surface area contributed by atoms with Crippen molar-refractivity contribution in [1.82, 2.24) is 4.90 Å². The molecular weight excluding hydrogens is 863 g/mol. The first-order chi connectivity index (χ1) is 34.5. The maximum atomic E-state index is 13.3. The average molecular weight is 989 g/mol. The highest BCUT2D eigenvalue weighted by molar-refractivity contribution is 5.72. The van der Waals surface area contributed by atoms with E-state index in [1.807, 2.05) is 0 Å². The Morgan fingerprint density at radius 3 is 1.00 bits per heavy atom. The Morgan fingerprint density at radius 1 is 0.343 bits per heavy atom. The predicted molar refractivity (Wildman–Crippen MR) is 306 cm³/mol. The van der Waals surface area contributed by atoms with Crippen LogP contribution < -0.4 is 0 Å². The summed E-state index contributed by atoms with van der Waals surface area (Å²) in [6.07, 6.45) is 63.5. The van der Waals surface area contributed by atoms with Crippen molar-refractivity contribution >= 4 is 11.9 Å². The second kappa shape index (κ2) is 58.5. The molecule has 0 saturated carbocycles. The number of esters is 2. The minimum atomic E-state index is 0.0343. The van der Waals surface area contributed by atoms with Gasteiger partial charge in [0, 0.05) is 6.61 Å². The third-order valence-electron chi connectivity index (χ3n) is 15.1. The number of aliphatic hydroxyl groups excluding tert-OH is 1. The zero-order valence-electron chi connectivity index (χ0n) is 48.0. The van der Waals surface area contributed by atoms with E-state index in [1.165, 1.54) is 186 Å². The first-order valence-corrected chi connectivity index (χ1v) is 31.8. The normalized spacial score (nSPS) is 12.7. The van der Waals surface area contributed by atoms with E-state index in [2.05, 4.69) is 44.7 Å². The van der Waals surface area contributed by atoms with Crippen molar-refractivity contribution in [1.29, 1.82) is 0 Å². The van der Waals surface area contributed by atoms with Crippen molar-refractivity contribution in [3.8, 4) is 0 Å². The van der Waals surface area contributed by atoms with Gasteiger partial charge < -0.3 is 19.5 Å². The molecule has 0 fully saturated rings. The number of hydrogen-bond acceptors (Lipinski definition) is 6. The van der Waals surface area contributed by atoms with Gasteiger partial charge >= 0.3 is 11.9 Å². The molecule has 0 spiro atoms. The number of allylic oxidation sites excluding steroid dienone is 2. The van der Waals surface area contributed by atoms with Gasteiger partial charge in [-0.15, -0.1) is 0 Å². The lowest BCUT2D eigenvalue weighted by Crippen LogP contribution is -2.27. The molecule has 0 radical (unpaired) electrons. The molecular formula is C64H125NO5. The van der Waals surface area contributed by atoms with Gasteiger partial charge in [0.15, 0.2) is 0 Å². The molecule has 70 heavy (non-hydrogen) atoms. The van der Waals surface area contributed by atoms with Crippen molar-refractivity contribution in [2.75, 3.05) is 39.5 Å². The van der Waals surface area contributed by atoms with Crippen LogP contribution in [0.5, 0.6) is 0 Å². The highest BCUT2D eigenvalue weighted by Crippen LogP contribution is 2.23. The number of hydrogen-bond donors (Lipinski definition) is 1. The van der Waals surface area contributed by atoms with E-state index in [1.54, 1.807) is 0 Å². The number of unbranched alkanes of at least 4 members (excludes halogenated alkanes) is 36. The average Bonchev–Trinajstić information content (AvgIpc) is 3.36.